The summed E-state index contributed by atoms with van der Waals surface area (Å²) in [5, 5.41) is 64.3. The molecule has 9 atom stereocenters. The van der Waals surface area contributed by atoms with Crippen LogP contribution in [0.5, 0.6) is 23.0 Å². The van der Waals surface area contributed by atoms with E-state index in [0.717, 1.165) is 44.7 Å². The summed E-state index contributed by atoms with van der Waals surface area (Å²) < 4.78 is 23.6. The van der Waals surface area contributed by atoms with Crippen LogP contribution in [0.2, 0.25) is 0 Å². The lowest BCUT2D eigenvalue weighted by Crippen LogP contribution is -2.46. The Kier molecular flexibility index (Phi) is 16.8. The summed E-state index contributed by atoms with van der Waals surface area (Å²) in [7, 11) is 1.43. The second kappa shape index (κ2) is 21.1. The maximum Gasteiger partial charge on any atom is 0.312 e. The molecular weight excluding hydrogens is 789 g/mol. The van der Waals surface area contributed by atoms with E-state index in [1.54, 1.807) is 39.8 Å². The van der Waals surface area contributed by atoms with E-state index in [4.69, 9.17) is 23.8 Å². The predicted molar refractivity (Wildman–Crippen MR) is 231 cm³/mol. The third-order valence-electron chi connectivity index (χ3n) is 11.9. The number of ether oxygens (including phenoxy) is 4. The van der Waals surface area contributed by atoms with Gasteiger partial charge in [0.05, 0.1) is 53.0 Å². The molecule has 2 aromatic carbocycles. The Morgan fingerprint density at radius 3 is 2.25 bits per heavy atom. The van der Waals surface area contributed by atoms with Crippen LogP contribution >= 0.6 is 0 Å². The molecule has 5 bridgehead atoms. The number of oxime groups is 1. The fourth-order valence-electron chi connectivity index (χ4n) is 7.96. The number of phenols is 3. The summed E-state index contributed by atoms with van der Waals surface area (Å²) >= 11 is 0. The molecule has 0 unspecified atom stereocenters. The van der Waals surface area contributed by atoms with Crippen molar-refractivity contribution < 1.29 is 63.7 Å². The molecule has 0 radical (unpaired) electrons. The average molecular weight is 853 g/mol. The van der Waals surface area contributed by atoms with E-state index in [1.165, 1.54) is 53.2 Å². The Hall–Kier alpha value is -5.12. The van der Waals surface area contributed by atoms with Crippen LogP contribution < -0.4 is 10.1 Å². The number of fused-ring (bicyclic) bond motifs is 14. The Morgan fingerprint density at radius 2 is 1.59 bits per heavy atom. The molecule has 336 valence electrons. The second-order valence-corrected chi connectivity index (χ2v) is 16.5. The van der Waals surface area contributed by atoms with Gasteiger partial charge < -0.3 is 54.6 Å². The number of nitrogens with zero attached hydrogens (tertiary/aromatic N) is 1. The Morgan fingerprint density at radius 1 is 0.918 bits per heavy atom. The molecule has 0 saturated carbocycles. The van der Waals surface area contributed by atoms with Gasteiger partial charge in [-0.1, -0.05) is 83.7 Å². The highest BCUT2D eigenvalue weighted by atomic mass is 16.7. The number of ketones is 1. The number of aliphatic hydroxyl groups excluding tert-OH is 2. The molecular formula is C46H64N2O13. The van der Waals surface area contributed by atoms with Crippen molar-refractivity contribution in [3.63, 3.8) is 0 Å². The van der Waals surface area contributed by atoms with E-state index in [-0.39, 0.29) is 51.1 Å². The Bertz CT molecular complexity index is 2040. The van der Waals surface area contributed by atoms with Gasteiger partial charge >= 0.3 is 11.8 Å². The Balaban J connectivity index is 1.90. The van der Waals surface area contributed by atoms with Crippen LogP contribution in [0.25, 0.3) is 10.8 Å². The van der Waals surface area contributed by atoms with Gasteiger partial charge in [-0.3, -0.25) is 14.4 Å². The molecule has 15 nitrogen and oxygen atoms in total. The van der Waals surface area contributed by atoms with Crippen molar-refractivity contribution in [2.24, 2.45) is 28.8 Å². The van der Waals surface area contributed by atoms with Crippen LogP contribution in [0.3, 0.4) is 0 Å². The lowest BCUT2D eigenvalue weighted by molar-refractivity contribution is -0.160. The maximum absolute atomic E-state index is 14.4. The predicted octanol–water partition coefficient (Wildman–Crippen LogP) is 7.47. The minimum absolute atomic E-state index is 0.0419. The topological polar surface area (TPSA) is 223 Å². The SMILES string of the molecule is CCCCCCCCON=Cc1c2c(O)c3c(O)c(C)c4c(c3c1O)C(=O)[C@@](C)(OC=C[C@H](OC)[C@H](C)[C@H](OC(C)=O)[C@H](C)[C@H](O)[C@H](C)[C@H](O)[C@@H](C)C=CC=C(C)C(=O)N2)O4. The number of Topliss-reactive ketones (excluding diaryl/α,β-unsaturated/α-hetero) is 1. The molecule has 0 fully saturated rings. The van der Waals surface area contributed by atoms with Crippen LogP contribution in [0.1, 0.15) is 115 Å². The first-order valence-electron chi connectivity index (χ1n) is 21.1. The summed E-state index contributed by atoms with van der Waals surface area (Å²) in [5.41, 5.74) is -0.543. The van der Waals surface area contributed by atoms with Gasteiger partial charge in [0, 0.05) is 61.2 Å². The van der Waals surface area contributed by atoms with Crippen LogP contribution in [-0.2, 0) is 28.6 Å². The molecule has 1 amide bonds. The highest BCUT2D eigenvalue weighted by Crippen LogP contribution is 2.55. The van der Waals surface area contributed by atoms with Crippen molar-refractivity contribution in [2.75, 3.05) is 19.0 Å². The Labute approximate surface area is 358 Å². The summed E-state index contributed by atoms with van der Waals surface area (Å²) in [4.78, 5) is 45.9. The van der Waals surface area contributed by atoms with Crippen LogP contribution in [0, 0.1) is 30.6 Å². The zero-order valence-electron chi connectivity index (χ0n) is 37.0. The normalized spacial score (nSPS) is 27.6. The van der Waals surface area contributed by atoms with E-state index >= 15 is 0 Å². The number of aliphatic hydroxyl groups is 2. The number of methoxy groups -OCH3 is 1. The fourth-order valence-corrected chi connectivity index (χ4v) is 7.96. The van der Waals surface area contributed by atoms with E-state index < -0.39 is 88.8 Å². The van der Waals surface area contributed by atoms with Crippen molar-refractivity contribution in [1.29, 1.82) is 0 Å². The maximum atomic E-state index is 14.4. The number of allylic oxidation sites excluding steroid dienone is 2. The first-order valence-corrected chi connectivity index (χ1v) is 21.1. The standard InChI is InChI=1S/C46H64N2O13/c1-11-12-13-14-15-16-21-59-47-23-31-36-41(54)34-33(40(31)53)35-43(29(7)39(34)52)61-46(9,44(35)55)58-22-20-32(57-10)26(4)42(60-30(8)49)28(6)38(51)27(5)37(50)24(2)18-17-19-25(3)45(56)48-36/h17-20,22-24,26-28,32,37-38,42,50-54H,11-16,21H2,1-10H3,(H,48,56)/t24-,26-,27+,28+,32-,37+,38+,42-,46-/m0/s1. The highest BCUT2D eigenvalue weighted by molar-refractivity contribution is 6.23. The van der Waals surface area contributed by atoms with Crippen molar-refractivity contribution in [1.82, 2.24) is 0 Å². The van der Waals surface area contributed by atoms with E-state index in [2.05, 4.69) is 17.4 Å². The number of hydrogen-bond donors (Lipinski definition) is 6. The molecule has 6 N–H and O–H groups in total. The largest absolute Gasteiger partial charge is 0.507 e. The highest BCUT2D eigenvalue weighted by Gasteiger charge is 2.50. The molecule has 3 aliphatic heterocycles. The van der Waals surface area contributed by atoms with E-state index in [0.29, 0.717) is 0 Å². The number of aromatic hydroxyl groups is 3. The first-order chi connectivity index (χ1) is 28.8. The van der Waals surface area contributed by atoms with Crippen molar-refractivity contribution in [3.8, 4) is 23.0 Å². The molecule has 0 aromatic heterocycles. The molecule has 3 aliphatic rings. The first kappa shape index (κ1) is 48.5. The van der Waals surface area contributed by atoms with E-state index in [1.807, 2.05) is 0 Å². The average Bonchev–Trinajstić information content (AvgIpc) is 3.49. The monoisotopic (exact) mass is 852 g/mol. The molecule has 5 rings (SSSR count). The van der Waals surface area contributed by atoms with Gasteiger partial charge in [0.2, 0.25) is 0 Å². The fraction of sp³-hybridized carbons (Fsp3) is 0.565. The lowest BCUT2D eigenvalue weighted by Gasteiger charge is -2.38. The van der Waals surface area contributed by atoms with Gasteiger partial charge in [0.25, 0.3) is 11.7 Å². The summed E-state index contributed by atoms with van der Waals surface area (Å²) in [6.45, 7) is 14.9. The lowest BCUT2D eigenvalue weighted by atomic mass is 9.78. The molecule has 0 aliphatic carbocycles. The molecule has 3 heterocycles. The van der Waals surface area contributed by atoms with Gasteiger partial charge in [-0.2, -0.15) is 0 Å². The van der Waals surface area contributed by atoms with Crippen LogP contribution in [0.15, 0.2) is 41.3 Å². The number of unbranched alkanes of at least 4 members (excludes halogenated alkanes) is 5. The number of benzene rings is 2. The van der Waals surface area contributed by atoms with Gasteiger partial charge in [0.15, 0.2) is 5.75 Å². The van der Waals surface area contributed by atoms with Crippen molar-refractivity contribution >= 4 is 40.3 Å². The van der Waals surface area contributed by atoms with Gasteiger partial charge in [-0.25, -0.2) is 0 Å². The molecule has 0 saturated heterocycles. The van der Waals surface area contributed by atoms with Gasteiger partial charge in [0.1, 0.15) is 30.0 Å². The smallest absolute Gasteiger partial charge is 0.312 e. The molecule has 2 aromatic rings. The quantitative estimate of drug-likeness (QED) is 0.0323. The minimum atomic E-state index is -2.06. The molecule has 0 spiro atoms. The second-order valence-electron chi connectivity index (χ2n) is 16.5. The van der Waals surface area contributed by atoms with Crippen molar-refractivity contribution in [2.45, 2.75) is 131 Å². The molecule has 61 heavy (non-hydrogen) atoms. The number of rotatable bonds is 11. The number of phenolic OH excluding ortho intramolecular Hbond substituents is 3. The van der Waals surface area contributed by atoms with Gasteiger partial charge in [-0.15, -0.1) is 0 Å². The van der Waals surface area contributed by atoms with Crippen LogP contribution in [-0.4, -0.2) is 93.3 Å². The zero-order chi connectivity index (χ0) is 45.3. The minimum Gasteiger partial charge on any atom is -0.507 e. The van der Waals surface area contributed by atoms with E-state index in [9.17, 15) is 39.9 Å². The third kappa shape index (κ3) is 10.7. The van der Waals surface area contributed by atoms with Crippen LogP contribution in [0.4, 0.5) is 5.69 Å². The third-order valence-corrected chi connectivity index (χ3v) is 11.9. The number of carbonyl (C=O) groups is 3. The van der Waals surface area contributed by atoms with Gasteiger partial charge in [-0.05, 0) is 32.8 Å². The van der Waals surface area contributed by atoms with Crippen molar-refractivity contribution in [3.05, 3.63) is 52.8 Å². The number of amides is 1. The number of carbonyl (C=O) groups excluding carboxylic acids is 3. The number of anilines is 1. The zero-order valence-corrected chi connectivity index (χ0v) is 37.0. The summed E-state index contributed by atoms with van der Waals surface area (Å²) in [6, 6.07) is 0. The number of esters is 1. The number of hydrogen-bond acceptors (Lipinski definition) is 14. The molecule has 15 heteroatoms. The number of nitrogens with one attached hydrogen (secondary N) is 1. The summed E-state index contributed by atoms with van der Waals surface area (Å²) in [6.07, 6.45) is 10.7. The summed E-state index contributed by atoms with van der Waals surface area (Å²) in [5.74, 6) is -8.55.